The summed E-state index contributed by atoms with van der Waals surface area (Å²) in [7, 11) is 0. The smallest absolute Gasteiger partial charge is 0.213 e. The van der Waals surface area contributed by atoms with Crippen LogP contribution >= 0.6 is 0 Å². The first kappa shape index (κ1) is 21.6. The predicted octanol–water partition coefficient (Wildman–Crippen LogP) is 3.59. The second-order valence-corrected chi connectivity index (χ2v) is 8.63. The largest absolute Gasteiger partial charge is 0.477 e. The minimum atomic E-state index is 0.458. The number of benzene rings is 1. The highest BCUT2D eigenvalue weighted by atomic mass is 16.5. The summed E-state index contributed by atoms with van der Waals surface area (Å²) in [4.78, 5) is 11.7. The number of hydrogen-bond acceptors (Lipinski definition) is 4. The topological polar surface area (TPSA) is 61.8 Å². The number of nitrogens with zero attached hydrogens (tertiary/aromatic N) is 3. The Morgan fingerprint density at radius 1 is 1.10 bits per heavy atom. The predicted molar refractivity (Wildman–Crippen MR) is 125 cm³/mol. The molecule has 2 aromatic rings. The quantitative estimate of drug-likeness (QED) is 0.479. The van der Waals surface area contributed by atoms with Gasteiger partial charge in [-0.25, -0.2) is 9.98 Å². The Bertz CT molecular complexity index is 829. The van der Waals surface area contributed by atoms with Gasteiger partial charge in [0, 0.05) is 44.5 Å². The van der Waals surface area contributed by atoms with Crippen molar-refractivity contribution in [2.24, 2.45) is 10.9 Å². The SMILES string of the molecule is CCNC(=NCc1ccnc(OCC2CC2)c1)NC1CCN(Cc2ccccc2)CC1. The first-order chi connectivity index (χ1) is 15.3. The molecule has 166 valence electrons. The molecule has 0 atom stereocenters. The monoisotopic (exact) mass is 421 g/mol. The summed E-state index contributed by atoms with van der Waals surface area (Å²) in [6.07, 6.45) is 6.65. The van der Waals surface area contributed by atoms with Crippen molar-refractivity contribution in [1.29, 1.82) is 0 Å². The minimum Gasteiger partial charge on any atom is -0.477 e. The Hall–Kier alpha value is -2.60. The molecule has 6 nitrogen and oxygen atoms in total. The third-order valence-electron chi connectivity index (χ3n) is 5.90. The van der Waals surface area contributed by atoms with E-state index in [2.05, 4.69) is 57.8 Å². The molecule has 1 aliphatic heterocycles. The summed E-state index contributed by atoms with van der Waals surface area (Å²) in [6.45, 7) is 7.61. The van der Waals surface area contributed by atoms with Gasteiger partial charge in [-0.3, -0.25) is 4.90 Å². The summed E-state index contributed by atoms with van der Waals surface area (Å²) in [5, 5.41) is 7.03. The van der Waals surface area contributed by atoms with Crippen molar-refractivity contribution in [2.45, 2.75) is 51.7 Å². The lowest BCUT2D eigenvalue weighted by Gasteiger charge is -2.33. The molecule has 0 radical (unpaired) electrons. The molecule has 0 amide bonds. The highest BCUT2D eigenvalue weighted by Crippen LogP contribution is 2.29. The van der Waals surface area contributed by atoms with Gasteiger partial charge in [0.15, 0.2) is 5.96 Å². The van der Waals surface area contributed by atoms with Crippen LogP contribution in [0.5, 0.6) is 5.88 Å². The van der Waals surface area contributed by atoms with Crippen LogP contribution in [0.3, 0.4) is 0 Å². The molecule has 0 spiro atoms. The van der Waals surface area contributed by atoms with Crippen LogP contribution in [0.2, 0.25) is 0 Å². The fourth-order valence-corrected chi connectivity index (χ4v) is 3.88. The zero-order valence-electron chi connectivity index (χ0n) is 18.6. The summed E-state index contributed by atoms with van der Waals surface area (Å²) in [5.74, 6) is 2.33. The lowest BCUT2D eigenvalue weighted by molar-refractivity contribution is 0.198. The van der Waals surface area contributed by atoms with Gasteiger partial charge in [0.2, 0.25) is 5.88 Å². The summed E-state index contributed by atoms with van der Waals surface area (Å²) < 4.78 is 5.80. The number of hydrogen-bond donors (Lipinski definition) is 2. The van der Waals surface area contributed by atoms with Crippen LogP contribution < -0.4 is 15.4 Å². The van der Waals surface area contributed by atoms with E-state index in [4.69, 9.17) is 9.73 Å². The van der Waals surface area contributed by atoms with Crippen molar-refractivity contribution in [3.63, 3.8) is 0 Å². The van der Waals surface area contributed by atoms with Gasteiger partial charge in [-0.2, -0.15) is 0 Å². The van der Waals surface area contributed by atoms with Gasteiger partial charge in [-0.05, 0) is 55.7 Å². The zero-order chi connectivity index (χ0) is 21.3. The normalized spacial score (nSPS) is 18.0. The number of ether oxygens (including phenoxy) is 1. The van der Waals surface area contributed by atoms with E-state index in [9.17, 15) is 0 Å². The fraction of sp³-hybridized carbons (Fsp3) is 0.520. The summed E-state index contributed by atoms with van der Waals surface area (Å²) >= 11 is 0. The number of rotatable bonds is 9. The molecule has 1 saturated carbocycles. The van der Waals surface area contributed by atoms with Crippen LogP contribution in [-0.4, -0.2) is 48.1 Å². The molecule has 4 rings (SSSR count). The first-order valence-electron chi connectivity index (χ1n) is 11.7. The van der Waals surface area contributed by atoms with Gasteiger partial charge in [0.25, 0.3) is 0 Å². The molecular weight excluding hydrogens is 386 g/mol. The number of piperidine rings is 1. The highest BCUT2D eigenvalue weighted by molar-refractivity contribution is 5.80. The number of nitrogens with one attached hydrogen (secondary N) is 2. The molecule has 1 aromatic heterocycles. The zero-order valence-corrected chi connectivity index (χ0v) is 18.6. The number of pyridine rings is 1. The van der Waals surface area contributed by atoms with Gasteiger partial charge < -0.3 is 15.4 Å². The van der Waals surface area contributed by atoms with E-state index < -0.39 is 0 Å². The molecule has 31 heavy (non-hydrogen) atoms. The average Bonchev–Trinajstić information content (AvgIpc) is 3.63. The van der Waals surface area contributed by atoms with Crippen molar-refractivity contribution in [1.82, 2.24) is 20.5 Å². The molecule has 2 fully saturated rings. The third kappa shape index (κ3) is 7.24. The van der Waals surface area contributed by atoms with Crippen LogP contribution in [0.25, 0.3) is 0 Å². The molecule has 2 N–H and O–H groups in total. The van der Waals surface area contributed by atoms with Gasteiger partial charge in [0.1, 0.15) is 0 Å². The van der Waals surface area contributed by atoms with E-state index >= 15 is 0 Å². The van der Waals surface area contributed by atoms with Gasteiger partial charge in [0.05, 0.1) is 13.2 Å². The maximum absolute atomic E-state index is 5.80. The Balaban J connectivity index is 1.26. The number of aliphatic imine (C=N–C) groups is 1. The van der Waals surface area contributed by atoms with Crippen molar-refractivity contribution >= 4 is 5.96 Å². The average molecular weight is 422 g/mol. The fourth-order valence-electron chi connectivity index (χ4n) is 3.88. The van der Waals surface area contributed by atoms with Gasteiger partial charge in [-0.1, -0.05) is 30.3 Å². The number of likely N-dealkylation sites (tertiary alicyclic amines) is 1. The van der Waals surface area contributed by atoms with Crippen LogP contribution in [-0.2, 0) is 13.1 Å². The molecular formula is C25H35N5O. The van der Waals surface area contributed by atoms with E-state index in [0.29, 0.717) is 18.5 Å². The molecule has 1 saturated heterocycles. The molecule has 1 aliphatic carbocycles. The number of guanidine groups is 1. The Morgan fingerprint density at radius 2 is 1.90 bits per heavy atom. The molecule has 0 unspecified atom stereocenters. The van der Waals surface area contributed by atoms with Crippen molar-refractivity contribution < 1.29 is 4.74 Å². The van der Waals surface area contributed by atoms with E-state index in [-0.39, 0.29) is 0 Å². The Labute approximate surface area is 186 Å². The van der Waals surface area contributed by atoms with Crippen molar-refractivity contribution in [3.05, 3.63) is 59.8 Å². The van der Waals surface area contributed by atoms with E-state index in [0.717, 1.165) is 63.1 Å². The van der Waals surface area contributed by atoms with Crippen molar-refractivity contribution in [2.75, 3.05) is 26.2 Å². The highest BCUT2D eigenvalue weighted by Gasteiger charge is 2.22. The van der Waals surface area contributed by atoms with Crippen LogP contribution in [0.4, 0.5) is 0 Å². The lowest BCUT2D eigenvalue weighted by atomic mass is 10.0. The van der Waals surface area contributed by atoms with E-state index in [1.807, 2.05) is 18.3 Å². The maximum atomic E-state index is 5.80. The first-order valence-corrected chi connectivity index (χ1v) is 11.7. The van der Waals surface area contributed by atoms with Crippen LogP contribution in [0.1, 0.15) is 43.7 Å². The molecule has 1 aromatic carbocycles. The third-order valence-corrected chi connectivity index (χ3v) is 5.90. The minimum absolute atomic E-state index is 0.458. The standard InChI is InChI=1S/C25H35N5O/c1-2-26-25(28-17-22-10-13-27-24(16-22)31-19-21-8-9-21)29-23-11-14-30(15-12-23)18-20-6-4-3-5-7-20/h3-7,10,13,16,21,23H,2,8-9,11-12,14-15,17-19H2,1H3,(H2,26,28,29). The second-order valence-electron chi connectivity index (χ2n) is 8.63. The summed E-state index contributed by atoms with van der Waals surface area (Å²) in [6, 6.07) is 15.2. The van der Waals surface area contributed by atoms with E-state index in [1.54, 1.807) is 0 Å². The van der Waals surface area contributed by atoms with Crippen LogP contribution in [0.15, 0.2) is 53.7 Å². The van der Waals surface area contributed by atoms with Crippen molar-refractivity contribution in [3.8, 4) is 5.88 Å². The van der Waals surface area contributed by atoms with Gasteiger partial charge >= 0.3 is 0 Å². The second kappa shape index (κ2) is 11.1. The molecule has 6 heteroatoms. The summed E-state index contributed by atoms with van der Waals surface area (Å²) in [5.41, 5.74) is 2.51. The molecule has 2 heterocycles. The molecule has 2 aliphatic rings. The lowest BCUT2D eigenvalue weighted by Crippen LogP contribution is -2.48. The number of aromatic nitrogens is 1. The van der Waals surface area contributed by atoms with Gasteiger partial charge in [-0.15, -0.1) is 0 Å². The van der Waals surface area contributed by atoms with Crippen LogP contribution in [0, 0.1) is 5.92 Å². The van der Waals surface area contributed by atoms with E-state index in [1.165, 1.54) is 18.4 Å². The Morgan fingerprint density at radius 3 is 2.65 bits per heavy atom. The Kier molecular flexibility index (Phi) is 7.77. The maximum Gasteiger partial charge on any atom is 0.213 e. The molecule has 0 bridgehead atoms.